The van der Waals surface area contributed by atoms with E-state index in [1.165, 1.54) is 11.8 Å². The lowest BCUT2D eigenvalue weighted by Gasteiger charge is -2.14. The normalized spacial score (nSPS) is 11.3. The number of benzene rings is 1. The van der Waals surface area contributed by atoms with E-state index in [2.05, 4.69) is 29.1 Å². The quantitative estimate of drug-likeness (QED) is 0.421. The highest BCUT2D eigenvalue weighted by atomic mass is 32.2. The molecule has 0 aliphatic heterocycles. The number of fused-ring (bicyclic) bond motifs is 1. The van der Waals surface area contributed by atoms with Gasteiger partial charge in [0.15, 0.2) is 5.16 Å². The molecule has 8 heteroatoms. The maximum absolute atomic E-state index is 13.0. The van der Waals surface area contributed by atoms with E-state index < -0.39 is 0 Å². The van der Waals surface area contributed by atoms with Gasteiger partial charge in [-0.1, -0.05) is 25.6 Å². The molecule has 1 aromatic carbocycles. The van der Waals surface area contributed by atoms with E-state index in [1.54, 1.807) is 4.57 Å². The number of anilines is 2. The molecule has 0 aliphatic carbocycles. The molecule has 0 unspecified atom stereocenters. The van der Waals surface area contributed by atoms with E-state index in [4.69, 9.17) is 0 Å². The summed E-state index contributed by atoms with van der Waals surface area (Å²) >= 11 is 1.29. The van der Waals surface area contributed by atoms with Gasteiger partial charge in [0.05, 0.1) is 11.3 Å². The number of amides is 1. The molecule has 2 aromatic heterocycles. The number of nitrogens with zero attached hydrogens (tertiary/aromatic N) is 3. The van der Waals surface area contributed by atoms with Gasteiger partial charge in [-0.15, -0.1) is 0 Å². The van der Waals surface area contributed by atoms with Crippen LogP contribution in [-0.4, -0.2) is 40.3 Å². The average Bonchev–Trinajstić information content (AvgIpc) is 3.06. The van der Waals surface area contributed by atoms with Crippen LogP contribution in [0, 0.1) is 12.8 Å². The van der Waals surface area contributed by atoms with Crippen molar-refractivity contribution in [2.45, 2.75) is 38.9 Å². The van der Waals surface area contributed by atoms with Gasteiger partial charge in [0.1, 0.15) is 5.52 Å². The van der Waals surface area contributed by atoms with Crippen LogP contribution in [0.2, 0.25) is 0 Å². The Labute approximate surface area is 180 Å². The van der Waals surface area contributed by atoms with Gasteiger partial charge < -0.3 is 15.2 Å². The third-order valence-electron chi connectivity index (χ3n) is 4.77. The minimum Gasteiger partial charge on any atom is -0.378 e. The second-order valence-electron chi connectivity index (χ2n) is 8.02. The largest absolute Gasteiger partial charge is 0.378 e. The Morgan fingerprint density at radius 1 is 1.27 bits per heavy atom. The summed E-state index contributed by atoms with van der Waals surface area (Å²) in [7, 11) is 3.94. The number of carbonyl (C=O) groups is 1. The topological polar surface area (TPSA) is 83.0 Å². The molecule has 0 atom stereocenters. The van der Waals surface area contributed by atoms with Crippen molar-refractivity contribution in [3.63, 3.8) is 0 Å². The lowest BCUT2D eigenvalue weighted by Crippen LogP contribution is -2.25. The SMILES string of the molecule is Cc1cc2nc(SCC(=O)Nc3ccc(N(C)C)cc3)n(CCC(C)C)c(=O)c2[nH]1. The standard InChI is InChI=1S/C22H29N5O2S/c1-14(2)10-11-27-21(29)20-18(12-15(3)23-20)25-22(27)30-13-19(28)24-16-6-8-17(9-7-16)26(4)5/h6-9,12,14,23H,10-11,13H2,1-5H3,(H,24,28). The van der Waals surface area contributed by atoms with E-state index in [9.17, 15) is 9.59 Å². The molecule has 7 nitrogen and oxygen atoms in total. The first kappa shape index (κ1) is 22.0. The lowest BCUT2D eigenvalue weighted by molar-refractivity contribution is -0.113. The van der Waals surface area contributed by atoms with E-state index >= 15 is 0 Å². The van der Waals surface area contributed by atoms with Crippen LogP contribution in [0.3, 0.4) is 0 Å². The molecule has 160 valence electrons. The number of hydrogen-bond acceptors (Lipinski definition) is 5. The van der Waals surface area contributed by atoms with Crippen molar-refractivity contribution in [3.05, 3.63) is 46.4 Å². The van der Waals surface area contributed by atoms with Gasteiger partial charge in [0, 0.05) is 37.7 Å². The van der Waals surface area contributed by atoms with Crippen molar-refractivity contribution in [2.75, 3.05) is 30.1 Å². The fourth-order valence-corrected chi connectivity index (χ4v) is 3.90. The molecule has 3 aromatic rings. The maximum Gasteiger partial charge on any atom is 0.278 e. The van der Waals surface area contributed by atoms with Gasteiger partial charge >= 0.3 is 0 Å². The minimum atomic E-state index is -0.132. The van der Waals surface area contributed by atoms with Crippen molar-refractivity contribution in [2.24, 2.45) is 5.92 Å². The third-order valence-corrected chi connectivity index (χ3v) is 5.74. The lowest BCUT2D eigenvalue weighted by atomic mass is 10.1. The molecule has 0 fully saturated rings. The molecule has 0 saturated heterocycles. The summed E-state index contributed by atoms with van der Waals surface area (Å²) in [5.74, 6) is 0.509. The van der Waals surface area contributed by atoms with Gasteiger partial charge in [0.25, 0.3) is 5.56 Å². The van der Waals surface area contributed by atoms with Crippen LogP contribution in [0.5, 0.6) is 0 Å². The predicted octanol–water partition coefficient (Wildman–Crippen LogP) is 3.88. The molecule has 3 rings (SSSR count). The van der Waals surface area contributed by atoms with Crippen LogP contribution in [0.15, 0.2) is 40.3 Å². The zero-order chi connectivity index (χ0) is 21.8. The summed E-state index contributed by atoms with van der Waals surface area (Å²) < 4.78 is 1.68. The second-order valence-corrected chi connectivity index (χ2v) is 8.97. The fraction of sp³-hybridized carbons (Fsp3) is 0.409. The Hall–Kier alpha value is -2.74. The third kappa shape index (κ3) is 5.24. The van der Waals surface area contributed by atoms with Gasteiger partial charge in [-0.3, -0.25) is 14.2 Å². The second kappa shape index (κ2) is 9.38. The van der Waals surface area contributed by atoms with Gasteiger partial charge in [0.2, 0.25) is 5.91 Å². The zero-order valence-electron chi connectivity index (χ0n) is 18.2. The Morgan fingerprint density at radius 2 is 1.97 bits per heavy atom. The smallest absolute Gasteiger partial charge is 0.278 e. The number of rotatable bonds is 8. The molecule has 0 aliphatic rings. The van der Waals surface area contributed by atoms with Gasteiger partial charge in [-0.25, -0.2) is 4.98 Å². The highest BCUT2D eigenvalue weighted by molar-refractivity contribution is 7.99. The fourth-order valence-electron chi connectivity index (χ4n) is 3.08. The number of nitrogens with one attached hydrogen (secondary N) is 2. The number of thioether (sulfide) groups is 1. The Morgan fingerprint density at radius 3 is 2.60 bits per heavy atom. The average molecular weight is 428 g/mol. The molecule has 0 spiro atoms. The molecule has 30 heavy (non-hydrogen) atoms. The number of aromatic amines is 1. The first-order valence-electron chi connectivity index (χ1n) is 10.0. The van der Waals surface area contributed by atoms with E-state index in [1.807, 2.05) is 56.3 Å². The predicted molar refractivity (Wildman–Crippen MR) is 125 cm³/mol. The monoisotopic (exact) mass is 427 g/mol. The molecule has 0 saturated carbocycles. The van der Waals surface area contributed by atoms with E-state index in [0.717, 1.165) is 23.5 Å². The molecule has 1 amide bonds. The first-order chi connectivity index (χ1) is 14.2. The molecule has 0 bridgehead atoms. The maximum atomic E-state index is 13.0. The van der Waals surface area contributed by atoms with Crippen molar-refractivity contribution < 1.29 is 4.79 Å². The Balaban J connectivity index is 1.75. The number of carbonyl (C=O) groups excluding carboxylic acids is 1. The van der Waals surface area contributed by atoms with Crippen molar-refractivity contribution in [3.8, 4) is 0 Å². The Kier molecular flexibility index (Phi) is 6.87. The molecule has 2 N–H and O–H groups in total. The molecule has 2 heterocycles. The van der Waals surface area contributed by atoms with Crippen LogP contribution in [0.25, 0.3) is 11.0 Å². The zero-order valence-corrected chi connectivity index (χ0v) is 19.0. The van der Waals surface area contributed by atoms with Gasteiger partial charge in [-0.2, -0.15) is 0 Å². The number of hydrogen-bond donors (Lipinski definition) is 2. The van der Waals surface area contributed by atoms with Crippen LogP contribution < -0.4 is 15.8 Å². The Bertz CT molecular complexity index is 1080. The summed E-state index contributed by atoms with van der Waals surface area (Å²) in [5.41, 5.74) is 3.78. The summed E-state index contributed by atoms with van der Waals surface area (Å²) in [6.45, 7) is 6.73. The van der Waals surface area contributed by atoms with Crippen molar-refractivity contribution >= 4 is 40.1 Å². The highest BCUT2D eigenvalue weighted by Gasteiger charge is 2.15. The summed E-state index contributed by atoms with van der Waals surface area (Å²) in [6, 6.07) is 9.53. The number of aryl methyl sites for hydroxylation is 1. The van der Waals surface area contributed by atoms with Crippen LogP contribution >= 0.6 is 11.8 Å². The molecule has 0 radical (unpaired) electrons. The first-order valence-corrected chi connectivity index (χ1v) is 11.0. The van der Waals surface area contributed by atoms with Crippen molar-refractivity contribution in [1.82, 2.24) is 14.5 Å². The minimum absolute atomic E-state index is 0.0871. The highest BCUT2D eigenvalue weighted by Crippen LogP contribution is 2.21. The van der Waals surface area contributed by atoms with Crippen LogP contribution in [0.1, 0.15) is 26.0 Å². The van der Waals surface area contributed by atoms with E-state index in [0.29, 0.717) is 28.7 Å². The van der Waals surface area contributed by atoms with Crippen LogP contribution in [0.4, 0.5) is 11.4 Å². The molecular weight excluding hydrogens is 398 g/mol. The number of H-pyrrole nitrogens is 1. The summed E-state index contributed by atoms with van der Waals surface area (Å²) in [5, 5.41) is 3.48. The van der Waals surface area contributed by atoms with Crippen molar-refractivity contribution in [1.29, 1.82) is 0 Å². The van der Waals surface area contributed by atoms with Gasteiger partial charge in [-0.05, 0) is 49.6 Å². The van der Waals surface area contributed by atoms with E-state index in [-0.39, 0.29) is 17.2 Å². The summed E-state index contributed by atoms with van der Waals surface area (Å²) in [6.07, 6.45) is 0.866. The summed E-state index contributed by atoms with van der Waals surface area (Å²) in [4.78, 5) is 35.2. The molecular formula is C22H29N5O2S. The van der Waals surface area contributed by atoms with Crippen LogP contribution in [-0.2, 0) is 11.3 Å². The number of aromatic nitrogens is 3.